The highest BCUT2D eigenvalue weighted by Gasteiger charge is 2.34. The van der Waals surface area contributed by atoms with Crippen LogP contribution >= 0.6 is 0 Å². The Kier molecular flexibility index (Phi) is 6.62. The summed E-state index contributed by atoms with van der Waals surface area (Å²) in [6, 6.07) is 0. The predicted molar refractivity (Wildman–Crippen MR) is 138 cm³/mol. The predicted octanol–water partition coefficient (Wildman–Crippen LogP) is 6.40. The van der Waals surface area contributed by atoms with Gasteiger partial charge in [0.25, 0.3) is 0 Å². The number of carbonyl (C=O) groups is 1. The number of halogens is 1. The minimum Gasteiger partial charge on any atom is -0.315 e. The van der Waals surface area contributed by atoms with Crippen molar-refractivity contribution >= 4 is 11.6 Å². The minimum absolute atomic E-state index is 0.126. The second kappa shape index (κ2) is 10.0. The van der Waals surface area contributed by atoms with E-state index < -0.39 is 0 Å². The van der Waals surface area contributed by atoms with Crippen molar-refractivity contribution in [1.29, 1.82) is 0 Å². The van der Waals surface area contributed by atoms with Gasteiger partial charge in [-0.2, -0.15) is 0 Å². The van der Waals surface area contributed by atoms with Crippen LogP contribution in [-0.4, -0.2) is 47.6 Å². The minimum atomic E-state index is -0.126. The Bertz CT molecular complexity index is 1060. The Labute approximate surface area is 209 Å². The summed E-state index contributed by atoms with van der Waals surface area (Å²) >= 11 is 0. The molecule has 0 atom stereocenters. The molecule has 4 nitrogen and oxygen atoms in total. The van der Waals surface area contributed by atoms with Crippen LogP contribution in [0, 0.1) is 11.8 Å². The number of allylic oxidation sites excluding steroid dienone is 7. The van der Waals surface area contributed by atoms with E-state index in [9.17, 15) is 9.18 Å². The summed E-state index contributed by atoms with van der Waals surface area (Å²) in [4.78, 5) is 22.8. The third-order valence-electron chi connectivity index (χ3n) is 9.10. The van der Waals surface area contributed by atoms with E-state index in [-0.39, 0.29) is 11.7 Å². The van der Waals surface area contributed by atoms with Gasteiger partial charge in [0.15, 0.2) is 0 Å². The quantitative estimate of drug-likeness (QED) is 0.461. The van der Waals surface area contributed by atoms with Crippen molar-refractivity contribution < 1.29 is 9.18 Å². The number of aliphatic imine (C=N–C) groups is 1. The zero-order valence-corrected chi connectivity index (χ0v) is 20.9. The van der Waals surface area contributed by atoms with Crippen LogP contribution in [0.5, 0.6) is 0 Å². The zero-order valence-electron chi connectivity index (χ0n) is 20.9. The fourth-order valence-electron chi connectivity index (χ4n) is 7.10. The SMILES string of the molecule is O=C(C1CCCC1)N1CCC2=CCCCC2=C1CCN1CCC(C2=CN=C3CC=C(F)C=C23)CC1. The van der Waals surface area contributed by atoms with Crippen LogP contribution < -0.4 is 0 Å². The second-order valence-corrected chi connectivity index (χ2v) is 11.1. The van der Waals surface area contributed by atoms with Gasteiger partial charge in [-0.3, -0.25) is 9.79 Å². The van der Waals surface area contributed by atoms with E-state index in [0.29, 0.717) is 18.2 Å². The maximum atomic E-state index is 13.9. The number of piperidine rings is 1. The van der Waals surface area contributed by atoms with Crippen LogP contribution in [0.4, 0.5) is 4.39 Å². The molecule has 1 saturated heterocycles. The molecule has 6 rings (SSSR count). The number of hydrogen-bond donors (Lipinski definition) is 0. The Balaban J connectivity index is 1.10. The third kappa shape index (κ3) is 4.64. The number of amides is 1. The van der Waals surface area contributed by atoms with Gasteiger partial charge in [-0.1, -0.05) is 18.9 Å². The van der Waals surface area contributed by atoms with Gasteiger partial charge in [0.2, 0.25) is 5.91 Å². The molecular weight excluding hydrogens is 437 g/mol. The van der Waals surface area contributed by atoms with Gasteiger partial charge < -0.3 is 9.80 Å². The molecule has 6 aliphatic rings. The highest BCUT2D eigenvalue weighted by molar-refractivity contribution is 6.08. The molecular formula is C30H38FN3O. The number of hydrogen-bond acceptors (Lipinski definition) is 3. The lowest BCUT2D eigenvalue weighted by Gasteiger charge is -2.38. The van der Waals surface area contributed by atoms with Crippen LogP contribution in [-0.2, 0) is 4.79 Å². The lowest BCUT2D eigenvalue weighted by molar-refractivity contribution is -0.133. The van der Waals surface area contributed by atoms with Gasteiger partial charge in [-0.05, 0) is 99.2 Å². The van der Waals surface area contributed by atoms with Crippen LogP contribution in [0.3, 0.4) is 0 Å². The molecule has 3 aliphatic heterocycles. The Morgan fingerprint density at radius 3 is 2.69 bits per heavy atom. The van der Waals surface area contributed by atoms with Gasteiger partial charge in [0, 0.05) is 49.3 Å². The number of nitrogens with zero attached hydrogens (tertiary/aromatic N) is 3. The summed E-state index contributed by atoms with van der Waals surface area (Å²) in [5.41, 5.74) is 7.65. The summed E-state index contributed by atoms with van der Waals surface area (Å²) < 4.78 is 13.9. The van der Waals surface area contributed by atoms with Crippen LogP contribution in [0.1, 0.15) is 77.0 Å². The summed E-state index contributed by atoms with van der Waals surface area (Å²) in [6.45, 7) is 4.02. The number of likely N-dealkylation sites (tertiary alicyclic amines) is 1. The maximum Gasteiger partial charge on any atom is 0.229 e. The van der Waals surface area contributed by atoms with Crippen molar-refractivity contribution in [2.24, 2.45) is 16.8 Å². The average molecular weight is 476 g/mol. The van der Waals surface area contributed by atoms with E-state index in [1.807, 2.05) is 6.20 Å². The van der Waals surface area contributed by atoms with Gasteiger partial charge in [-0.25, -0.2) is 4.39 Å². The Hall–Kier alpha value is -2.27. The summed E-state index contributed by atoms with van der Waals surface area (Å²) in [7, 11) is 0. The first kappa shape index (κ1) is 23.1. The first-order valence-electron chi connectivity index (χ1n) is 14.0. The molecule has 1 saturated carbocycles. The molecule has 0 bridgehead atoms. The topological polar surface area (TPSA) is 35.9 Å². The zero-order chi connectivity index (χ0) is 23.8. The third-order valence-corrected chi connectivity index (χ3v) is 9.10. The molecule has 0 unspecified atom stereocenters. The van der Waals surface area contributed by atoms with Crippen molar-refractivity contribution in [3.63, 3.8) is 0 Å². The first-order valence-corrected chi connectivity index (χ1v) is 14.0. The van der Waals surface area contributed by atoms with E-state index >= 15 is 0 Å². The lowest BCUT2D eigenvalue weighted by atomic mass is 9.83. The molecule has 3 heterocycles. The fourth-order valence-corrected chi connectivity index (χ4v) is 7.10. The molecule has 0 spiro atoms. The molecule has 1 amide bonds. The fraction of sp³-hybridized carbons (Fsp3) is 0.600. The van der Waals surface area contributed by atoms with Gasteiger partial charge >= 0.3 is 0 Å². The van der Waals surface area contributed by atoms with Crippen LogP contribution in [0.25, 0.3) is 0 Å². The molecule has 0 aromatic carbocycles. The van der Waals surface area contributed by atoms with Crippen LogP contribution in [0.15, 0.2) is 63.2 Å². The summed E-state index contributed by atoms with van der Waals surface area (Å²) in [6.07, 6.45) is 20.6. The largest absolute Gasteiger partial charge is 0.315 e. The monoisotopic (exact) mass is 475 g/mol. The van der Waals surface area contributed by atoms with Crippen molar-refractivity contribution in [2.45, 2.75) is 77.0 Å². The molecule has 0 aromatic rings. The molecule has 0 aromatic heterocycles. The Morgan fingerprint density at radius 1 is 1.03 bits per heavy atom. The van der Waals surface area contributed by atoms with Crippen molar-refractivity contribution in [2.75, 3.05) is 26.2 Å². The Morgan fingerprint density at radius 2 is 1.86 bits per heavy atom. The van der Waals surface area contributed by atoms with E-state index in [2.05, 4.69) is 20.9 Å². The van der Waals surface area contributed by atoms with Gasteiger partial charge in [-0.15, -0.1) is 0 Å². The molecule has 35 heavy (non-hydrogen) atoms. The number of carbonyl (C=O) groups excluding carboxylic acids is 1. The van der Waals surface area contributed by atoms with E-state index in [4.69, 9.17) is 0 Å². The highest BCUT2D eigenvalue weighted by atomic mass is 19.1. The summed E-state index contributed by atoms with van der Waals surface area (Å²) in [5, 5.41) is 0. The van der Waals surface area contributed by atoms with Crippen molar-refractivity contribution in [3.05, 3.63) is 58.2 Å². The molecule has 5 heteroatoms. The molecule has 3 aliphatic carbocycles. The molecule has 0 radical (unpaired) electrons. The van der Waals surface area contributed by atoms with Gasteiger partial charge in [0.05, 0.1) is 5.71 Å². The lowest BCUT2D eigenvalue weighted by Crippen LogP contribution is -2.41. The normalized spacial score (nSPS) is 26.1. The maximum absolute atomic E-state index is 13.9. The van der Waals surface area contributed by atoms with E-state index in [1.54, 1.807) is 12.2 Å². The van der Waals surface area contributed by atoms with Crippen LogP contribution in [0.2, 0.25) is 0 Å². The molecule has 0 N–H and O–H groups in total. The summed E-state index contributed by atoms with van der Waals surface area (Å²) in [5.74, 6) is 0.990. The van der Waals surface area contributed by atoms with E-state index in [1.165, 1.54) is 48.1 Å². The highest BCUT2D eigenvalue weighted by Crippen LogP contribution is 2.39. The number of fused-ring (bicyclic) bond motifs is 2. The van der Waals surface area contributed by atoms with Crippen molar-refractivity contribution in [3.8, 4) is 0 Å². The standard InChI is InChI=1S/C30H38FN3O/c31-24-9-10-28-26(19-24)27(20-32-28)22-11-15-33(16-12-22)17-14-29-25-8-4-3-5-21(25)13-18-34(29)30(35)23-6-1-2-7-23/h5,9,19-20,22-23H,1-4,6-8,10-18H2. The second-order valence-electron chi connectivity index (χ2n) is 11.1. The van der Waals surface area contributed by atoms with E-state index in [0.717, 1.165) is 82.4 Å². The van der Waals surface area contributed by atoms with Crippen molar-refractivity contribution in [1.82, 2.24) is 9.80 Å². The first-order chi connectivity index (χ1) is 17.2. The smallest absolute Gasteiger partial charge is 0.229 e. The number of rotatable bonds is 5. The average Bonchev–Trinajstić information content (AvgIpc) is 3.57. The molecule has 186 valence electrons. The molecule has 2 fully saturated rings. The van der Waals surface area contributed by atoms with Gasteiger partial charge in [0.1, 0.15) is 5.83 Å².